The molecule has 0 spiro atoms. The Hall–Kier alpha value is -0.120. The Bertz CT molecular complexity index is 210. The van der Waals surface area contributed by atoms with Crippen molar-refractivity contribution >= 4 is 0 Å². The molecule has 0 aromatic carbocycles. The van der Waals surface area contributed by atoms with Crippen LogP contribution in [0.15, 0.2) is 0 Å². The molecule has 4 atom stereocenters. The zero-order chi connectivity index (χ0) is 12.1. The second-order valence-electron chi connectivity index (χ2n) is 5.86. The molecule has 2 heterocycles. The molecule has 0 radical (unpaired) electrons. The molecule has 3 heteroatoms. The van der Waals surface area contributed by atoms with Gasteiger partial charge in [0.2, 0.25) is 0 Å². The molecule has 2 rings (SSSR count). The van der Waals surface area contributed by atoms with Crippen molar-refractivity contribution in [3.8, 4) is 0 Å². The summed E-state index contributed by atoms with van der Waals surface area (Å²) < 4.78 is 5.46. The number of piperidine rings is 1. The van der Waals surface area contributed by atoms with Crippen LogP contribution in [0.4, 0.5) is 0 Å². The Morgan fingerprint density at radius 1 is 1.29 bits per heavy atom. The van der Waals surface area contributed by atoms with E-state index in [2.05, 4.69) is 24.5 Å². The van der Waals surface area contributed by atoms with E-state index in [9.17, 15) is 0 Å². The smallest absolute Gasteiger partial charge is 0.0509 e. The number of hydrogen-bond acceptors (Lipinski definition) is 3. The average Bonchev–Trinajstić information content (AvgIpc) is 2.83. The van der Waals surface area contributed by atoms with Crippen LogP contribution >= 0.6 is 0 Å². The van der Waals surface area contributed by atoms with E-state index in [1.807, 2.05) is 0 Å². The SMILES string of the molecule is CC(CC1CCCCN1)NC(C)C1CCOC1. The first-order valence-electron chi connectivity index (χ1n) is 7.33. The summed E-state index contributed by atoms with van der Waals surface area (Å²) in [5.74, 6) is 0.719. The molecule has 2 fully saturated rings. The number of rotatable bonds is 5. The summed E-state index contributed by atoms with van der Waals surface area (Å²) in [6.45, 7) is 7.74. The molecule has 0 bridgehead atoms. The quantitative estimate of drug-likeness (QED) is 0.770. The van der Waals surface area contributed by atoms with Crippen molar-refractivity contribution in [1.82, 2.24) is 10.6 Å². The minimum Gasteiger partial charge on any atom is -0.381 e. The van der Waals surface area contributed by atoms with E-state index in [0.29, 0.717) is 12.1 Å². The van der Waals surface area contributed by atoms with Crippen molar-refractivity contribution in [3.05, 3.63) is 0 Å². The third kappa shape index (κ3) is 4.23. The van der Waals surface area contributed by atoms with Gasteiger partial charge in [-0.2, -0.15) is 0 Å². The second-order valence-corrected chi connectivity index (χ2v) is 5.86. The zero-order valence-corrected chi connectivity index (χ0v) is 11.4. The third-order valence-electron chi connectivity index (χ3n) is 4.27. The lowest BCUT2D eigenvalue weighted by molar-refractivity contribution is 0.176. The summed E-state index contributed by atoms with van der Waals surface area (Å²) in [6.07, 6.45) is 6.60. The largest absolute Gasteiger partial charge is 0.381 e. The van der Waals surface area contributed by atoms with Gasteiger partial charge in [0.25, 0.3) is 0 Å². The fourth-order valence-corrected chi connectivity index (χ4v) is 3.15. The van der Waals surface area contributed by atoms with Crippen LogP contribution in [-0.2, 0) is 4.74 Å². The van der Waals surface area contributed by atoms with Crippen LogP contribution < -0.4 is 10.6 Å². The Kier molecular flexibility index (Phi) is 5.26. The summed E-state index contributed by atoms with van der Waals surface area (Å²) in [5.41, 5.74) is 0. The van der Waals surface area contributed by atoms with E-state index in [0.717, 1.165) is 25.2 Å². The Balaban J connectivity index is 1.66. The van der Waals surface area contributed by atoms with Gasteiger partial charge in [-0.1, -0.05) is 6.42 Å². The molecule has 2 aliphatic rings. The lowest BCUT2D eigenvalue weighted by Crippen LogP contribution is -2.44. The Morgan fingerprint density at radius 2 is 2.18 bits per heavy atom. The summed E-state index contributed by atoms with van der Waals surface area (Å²) >= 11 is 0. The molecule has 0 aromatic rings. The van der Waals surface area contributed by atoms with Gasteiger partial charge >= 0.3 is 0 Å². The highest BCUT2D eigenvalue weighted by Gasteiger charge is 2.24. The maximum atomic E-state index is 5.46. The minimum atomic E-state index is 0.594. The monoisotopic (exact) mass is 240 g/mol. The van der Waals surface area contributed by atoms with Crippen LogP contribution in [0.5, 0.6) is 0 Å². The molecule has 0 amide bonds. The maximum absolute atomic E-state index is 5.46. The van der Waals surface area contributed by atoms with Gasteiger partial charge in [0.05, 0.1) is 6.61 Å². The molecule has 100 valence electrons. The van der Waals surface area contributed by atoms with Crippen LogP contribution in [0.2, 0.25) is 0 Å². The molecule has 0 aliphatic carbocycles. The normalized spacial score (nSPS) is 33.5. The predicted molar refractivity (Wildman–Crippen MR) is 71.2 cm³/mol. The van der Waals surface area contributed by atoms with E-state index >= 15 is 0 Å². The fraction of sp³-hybridized carbons (Fsp3) is 1.00. The highest BCUT2D eigenvalue weighted by Crippen LogP contribution is 2.18. The van der Waals surface area contributed by atoms with Gasteiger partial charge in [-0.05, 0) is 52.0 Å². The van der Waals surface area contributed by atoms with Crippen LogP contribution in [0.3, 0.4) is 0 Å². The van der Waals surface area contributed by atoms with Crippen molar-refractivity contribution < 1.29 is 4.74 Å². The molecule has 2 N–H and O–H groups in total. The third-order valence-corrected chi connectivity index (χ3v) is 4.27. The van der Waals surface area contributed by atoms with Crippen LogP contribution in [-0.4, -0.2) is 37.9 Å². The number of ether oxygens (including phenoxy) is 1. The molecule has 4 unspecified atom stereocenters. The van der Waals surface area contributed by atoms with Crippen molar-refractivity contribution in [3.63, 3.8) is 0 Å². The van der Waals surface area contributed by atoms with Gasteiger partial charge in [-0.25, -0.2) is 0 Å². The van der Waals surface area contributed by atoms with Crippen molar-refractivity contribution in [2.45, 2.75) is 64.1 Å². The first-order valence-corrected chi connectivity index (χ1v) is 7.33. The number of hydrogen-bond donors (Lipinski definition) is 2. The molecular formula is C14H28N2O. The molecule has 0 aromatic heterocycles. The number of nitrogens with one attached hydrogen (secondary N) is 2. The van der Waals surface area contributed by atoms with Crippen LogP contribution in [0, 0.1) is 5.92 Å². The minimum absolute atomic E-state index is 0.594. The van der Waals surface area contributed by atoms with E-state index < -0.39 is 0 Å². The molecular weight excluding hydrogens is 212 g/mol. The average molecular weight is 240 g/mol. The van der Waals surface area contributed by atoms with E-state index in [-0.39, 0.29) is 0 Å². The van der Waals surface area contributed by atoms with Crippen molar-refractivity contribution in [2.24, 2.45) is 5.92 Å². The van der Waals surface area contributed by atoms with Crippen molar-refractivity contribution in [1.29, 1.82) is 0 Å². The van der Waals surface area contributed by atoms with Gasteiger partial charge in [-0.3, -0.25) is 0 Å². The highest BCUT2D eigenvalue weighted by atomic mass is 16.5. The topological polar surface area (TPSA) is 33.3 Å². The van der Waals surface area contributed by atoms with Crippen LogP contribution in [0.1, 0.15) is 46.0 Å². The summed E-state index contributed by atoms with van der Waals surface area (Å²) in [6, 6.07) is 1.94. The summed E-state index contributed by atoms with van der Waals surface area (Å²) in [5, 5.41) is 7.38. The predicted octanol–water partition coefficient (Wildman–Crippen LogP) is 1.92. The van der Waals surface area contributed by atoms with E-state index in [1.54, 1.807) is 0 Å². The Morgan fingerprint density at radius 3 is 2.82 bits per heavy atom. The molecule has 3 nitrogen and oxygen atoms in total. The van der Waals surface area contributed by atoms with Crippen molar-refractivity contribution in [2.75, 3.05) is 19.8 Å². The maximum Gasteiger partial charge on any atom is 0.0509 e. The first kappa shape index (κ1) is 13.3. The standard InChI is InChI=1S/C14H28N2O/c1-11(9-14-5-3-4-7-15-14)16-12(2)13-6-8-17-10-13/h11-16H,3-10H2,1-2H3. The molecule has 2 saturated heterocycles. The second kappa shape index (κ2) is 6.72. The Labute approximate surface area is 106 Å². The van der Waals surface area contributed by atoms with Gasteiger partial charge in [0.15, 0.2) is 0 Å². The lowest BCUT2D eigenvalue weighted by atomic mass is 9.96. The van der Waals surface area contributed by atoms with Gasteiger partial charge in [0, 0.05) is 24.7 Å². The van der Waals surface area contributed by atoms with Crippen LogP contribution in [0.25, 0.3) is 0 Å². The zero-order valence-electron chi connectivity index (χ0n) is 11.4. The molecule has 2 aliphatic heterocycles. The van der Waals surface area contributed by atoms with E-state index in [1.165, 1.54) is 38.6 Å². The lowest BCUT2D eigenvalue weighted by Gasteiger charge is -2.29. The molecule has 17 heavy (non-hydrogen) atoms. The highest BCUT2D eigenvalue weighted by molar-refractivity contribution is 4.81. The first-order chi connectivity index (χ1) is 8.25. The van der Waals surface area contributed by atoms with Gasteiger partial charge in [-0.15, -0.1) is 0 Å². The van der Waals surface area contributed by atoms with E-state index in [4.69, 9.17) is 4.74 Å². The fourth-order valence-electron chi connectivity index (χ4n) is 3.15. The van der Waals surface area contributed by atoms with Gasteiger partial charge in [0.1, 0.15) is 0 Å². The van der Waals surface area contributed by atoms with Gasteiger partial charge < -0.3 is 15.4 Å². The molecule has 0 saturated carbocycles. The summed E-state index contributed by atoms with van der Waals surface area (Å²) in [4.78, 5) is 0. The summed E-state index contributed by atoms with van der Waals surface area (Å²) in [7, 11) is 0.